The Morgan fingerprint density at radius 1 is 1.67 bits per heavy atom. The zero-order chi connectivity index (χ0) is 10.8. The van der Waals surface area contributed by atoms with Crippen molar-refractivity contribution in [3.05, 3.63) is 24.0 Å². The second-order valence-corrected chi connectivity index (χ2v) is 4.58. The van der Waals surface area contributed by atoms with E-state index in [0.29, 0.717) is 24.3 Å². The lowest BCUT2D eigenvalue weighted by Gasteiger charge is -2.16. The topological polar surface area (TPSA) is 57.0 Å². The number of anilines is 1. The first-order valence-electron chi connectivity index (χ1n) is 4.52. The molecule has 2 heterocycles. The number of amides is 1. The number of halogens is 1. The molecule has 4 nitrogen and oxygen atoms in total. The molecule has 5 heteroatoms. The van der Waals surface area contributed by atoms with Crippen molar-refractivity contribution in [1.82, 2.24) is 4.98 Å². The summed E-state index contributed by atoms with van der Waals surface area (Å²) in [6.45, 7) is 0.596. The van der Waals surface area contributed by atoms with Gasteiger partial charge in [0, 0.05) is 24.0 Å². The molecule has 1 fully saturated rings. The van der Waals surface area contributed by atoms with Crippen molar-refractivity contribution >= 4 is 27.5 Å². The van der Waals surface area contributed by atoms with E-state index < -0.39 is 0 Å². The van der Waals surface area contributed by atoms with Gasteiger partial charge in [-0.25, -0.2) is 4.98 Å². The van der Waals surface area contributed by atoms with Crippen LogP contribution in [0.2, 0.25) is 0 Å². The van der Waals surface area contributed by atoms with Crippen molar-refractivity contribution in [2.45, 2.75) is 11.2 Å². The van der Waals surface area contributed by atoms with Gasteiger partial charge in [0.1, 0.15) is 6.07 Å². The highest BCUT2D eigenvalue weighted by atomic mass is 79.9. The summed E-state index contributed by atoms with van der Waals surface area (Å²) in [5.41, 5.74) is 0.902. The highest BCUT2D eigenvalue weighted by Crippen LogP contribution is 2.26. The molecule has 0 radical (unpaired) electrons. The normalized spacial score (nSPS) is 20.4. The van der Waals surface area contributed by atoms with Crippen molar-refractivity contribution in [2.24, 2.45) is 0 Å². The van der Waals surface area contributed by atoms with Gasteiger partial charge in [-0.1, -0.05) is 15.9 Å². The molecule has 2 rings (SSSR count). The third-order valence-electron chi connectivity index (χ3n) is 2.26. The Kier molecular flexibility index (Phi) is 2.69. The summed E-state index contributed by atoms with van der Waals surface area (Å²) in [7, 11) is 0. The molecular formula is C10H8BrN3O. The first-order chi connectivity index (χ1) is 7.22. The summed E-state index contributed by atoms with van der Waals surface area (Å²) < 4.78 is 0. The van der Waals surface area contributed by atoms with E-state index in [-0.39, 0.29) is 10.7 Å². The van der Waals surface area contributed by atoms with E-state index in [9.17, 15) is 4.79 Å². The van der Waals surface area contributed by atoms with Gasteiger partial charge in [0.2, 0.25) is 5.91 Å². The summed E-state index contributed by atoms with van der Waals surface area (Å²) in [5.74, 6) is 0.0291. The molecule has 1 amide bonds. The highest BCUT2D eigenvalue weighted by Gasteiger charge is 2.30. The van der Waals surface area contributed by atoms with Crippen LogP contribution in [0.3, 0.4) is 0 Å². The molecule has 76 valence electrons. The Hall–Kier alpha value is -1.41. The Bertz CT molecular complexity index is 441. The molecule has 0 aromatic carbocycles. The van der Waals surface area contributed by atoms with E-state index >= 15 is 0 Å². The second kappa shape index (κ2) is 3.99. The van der Waals surface area contributed by atoms with Crippen LogP contribution in [0.1, 0.15) is 12.1 Å². The largest absolute Gasteiger partial charge is 0.309 e. The van der Waals surface area contributed by atoms with Gasteiger partial charge in [-0.3, -0.25) is 4.79 Å². The lowest BCUT2D eigenvalue weighted by Crippen LogP contribution is -2.25. The number of hydrogen-bond donors (Lipinski definition) is 0. The summed E-state index contributed by atoms with van der Waals surface area (Å²) in [6.07, 6.45) is 2.02. The van der Waals surface area contributed by atoms with Gasteiger partial charge in [-0.2, -0.15) is 5.26 Å². The number of carbonyl (C=O) groups excluding carboxylic acids is 1. The molecular weight excluding hydrogens is 258 g/mol. The smallest absolute Gasteiger partial charge is 0.228 e. The molecule has 1 saturated heterocycles. The summed E-state index contributed by atoms with van der Waals surface area (Å²) in [5, 5.41) is 8.87. The number of carbonyl (C=O) groups is 1. The minimum absolute atomic E-state index is 0.0291. The number of alkyl halides is 1. The van der Waals surface area contributed by atoms with Crippen molar-refractivity contribution in [1.29, 1.82) is 5.26 Å². The molecule has 0 spiro atoms. The van der Waals surface area contributed by atoms with Gasteiger partial charge in [-0.05, 0) is 12.1 Å². The number of pyridine rings is 1. The number of nitrogens with zero attached hydrogens (tertiary/aromatic N) is 3. The molecule has 1 atom stereocenters. The molecule has 1 aliphatic heterocycles. The van der Waals surface area contributed by atoms with E-state index in [0.717, 1.165) is 0 Å². The van der Waals surface area contributed by atoms with Crippen LogP contribution >= 0.6 is 15.9 Å². The highest BCUT2D eigenvalue weighted by molar-refractivity contribution is 9.09. The maximum absolute atomic E-state index is 11.6. The van der Waals surface area contributed by atoms with Gasteiger partial charge >= 0.3 is 0 Å². The Labute approximate surface area is 95.7 Å². The van der Waals surface area contributed by atoms with Crippen LogP contribution in [0, 0.1) is 11.3 Å². The van der Waals surface area contributed by atoms with Gasteiger partial charge < -0.3 is 4.90 Å². The molecule has 15 heavy (non-hydrogen) atoms. The molecule has 0 aliphatic carbocycles. The lowest BCUT2D eigenvalue weighted by atomic mass is 10.3. The number of hydrogen-bond acceptors (Lipinski definition) is 3. The van der Waals surface area contributed by atoms with Crippen LogP contribution in [-0.4, -0.2) is 22.3 Å². The third kappa shape index (κ3) is 1.85. The number of nitriles is 1. The molecule has 0 bridgehead atoms. The molecule has 1 aromatic rings. The number of aromatic nitrogens is 1. The fourth-order valence-corrected chi connectivity index (χ4v) is 2.16. The molecule has 1 unspecified atom stereocenters. The van der Waals surface area contributed by atoms with Crippen LogP contribution in [0.25, 0.3) is 0 Å². The van der Waals surface area contributed by atoms with Crippen molar-refractivity contribution in [2.75, 3.05) is 11.4 Å². The van der Waals surface area contributed by atoms with E-state index in [1.807, 2.05) is 6.07 Å². The van der Waals surface area contributed by atoms with Crippen LogP contribution < -0.4 is 4.90 Å². The Morgan fingerprint density at radius 3 is 3.07 bits per heavy atom. The minimum atomic E-state index is 0.0291. The predicted octanol–water partition coefficient (Wildman–Crippen LogP) is 1.45. The van der Waals surface area contributed by atoms with Crippen molar-refractivity contribution in [3.8, 4) is 6.07 Å². The summed E-state index contributed by atoms with van der Waals surface area (Å²) in [4.78, 5) is 17.3. The molecule has 0 N–H and O–H groups in total. The first-order valence-corrected chi connectivity index (χ1v) is 5.43. The standard InChI is InChI=1S/C10H8BrN3O/c11-7-4-10(15)14(6-7)9-2-1-3-13-8(9)5-12/h1-3,7H,4,6H2. The maximum Gasteiger partial charge on any atom is 0.228 e. The van der Waals surface area contributed by atoms with Crippen LogP contribution in [0.5, 0.6) is 0 Å². The first kappa shape index (κ1) is 10.1. The van der Waals surface area contributed by atoms with Crippen LogP contribution in [0.4, 0.5) is 5.69 Å². The van der Waals surface area contributed by atoms with E-state index in [2.05, 4.69) is 20.9 Å². The Morgan fingerprint density at radius 2 is 2.47 bits per heavy atom. The second-order valence-electron chi connectivity index (χ2n) is 3.29. The minimum Gasteiger partial charge on any atom is -0.309 e. The fourth-order valence-electron chi connectivity index (χ4n) is 1.60. The van der Waals surface area contributed by atoms with Crippen LogP contribution in [-0.2, 0) is 4.79 Å². The number of rotatable bonds is 1. The predicted molar refractivity (Wildman–Crippen MR) is 58.6 cm³/mol. The Balaban J connectivity index is 2.38. The monoisotopic (exact) mass is 265 g/mol. The zero-order valence-corrected chi connectivity index (χ0v) is 9.44. The van der Waals surface area contributed by atoms with E-state index in [1.165, 1.54) is 0 Å². The average molecular weight is 266 g/mol. The molecule has 1 aromatic heterocycles. The molecule has 0 saturated carbocycles. The fraction of sp³-hybridized carbons (Fsp3) is 0.300. The van der Waals surface area contributed by atoms with Gasteiger partial charge in [-0.15, -0.1) is 0 Å². The van der Waals surface area contributed by atoms with Gasteiger partial charge in [0.15, 0.2) is 5.69 Å². The van der Waals surface area contributed by atoms with Crippen molar-refractivity contribution < 1.29 is 4.79 Å². The van der Waals surface area contributed by atoms with Gasteiger partial charge in [0.25, 0.3) is 0 Å². The van der Waals surface area contributed by atoms with Crippen molar-refractivity contribution in [3.63, 3.8) is 0 Å². The average Bonchev–Trinajstić information content (AvgIpc) is 2.57. The van der Waals surface area contributed by atoms with Crippen LogP contribution in [0.15, 0.2) is 18.3 Å². The zero-order valence-electron chi connectivity index (χ0n) is 7.85. The van der Waals surface area contributed by atoms with Gasteiger partial charge in [0.05, 0.1) is 5.69 Å². The molecule has 1 aliphatic rings. The lowest BCUT2D eigenvalue weighted by molar-refractivity contribution is -0.117. The summed E-state index contributed by atoms with van der Waals surface area (Å²) in [6, 6.07) is 5.46. The SMILES string of the molecule is N#Cc1ncccc1N1CC(Br)CC1=O. The van der Waals surface area contributed by atoms with E-state index in [4.69, 9.17) is 5.26 Å². The quantitative estimate of drug-likeness (QED) is 0.723. The summed E-state index contributed by atoms with van der Waals surface area (Å²) >= 11 is 3.40. The van der Waals surface area contributed by atoms with E-state index in [1.54, 1.807) is 23.2 Å². The maximum atomic E-state index is 11.6. The third-order valence-corrected chi connectivity index (χ3v) is 2.87.